The van der Waals surface area contributed by atoms with Crippen LogP contribution in [0.25, 0.3) is 0 Å². The Kier molecular flexibility index (Phi) is 48.8. The summed E-state index contributed by atoms with van der Waals surface area (Å²) in [6, 6.07) is -1.59. The first-order chi connectivity index (χ1) is 64.0. The molecule has 5 aliphatic carbocycles. The van der Waals surface area contributed by atoms with Crippen molar-refractivity contribution in [1.29, 1.82) is 0 Å². The fraction of sp³-hybridized carbons (Fsp3) is 0.953. The number of aliphatic hydroxyl groups excluding tert-OH is 25. The zero-order valence-electron chi connectivity index (χ0n) is 78.0. The molecule has 0 bridgehead atoms. The van der Waals surface area contributed by atoms with Crippen molar-refractivity contribution in [1.82, 2.24) is 5.32 Å². The van der Waals surface area contributed by atoms with E-state index in [9.17, 15) is 162 Å². The Hall–Kier alpha value is -1.76. The van der Waals surface area contributed by atoms with E-state index in [0.29, 0.717) is 12.8 Å². The van der Waals surface area contributed by atoms with Crippen LogP contribution in [0.4, 0.5) is 0 Å². The maximum Gasteiger partial charge on any atom is 1.00 e. The van der Waals surface area contributed by atoms with Gasteiger partial charge in [-0.1, -0.05) is 84.0 Å². The van der Waals surface area contributed by atoms with Crippen molar-refractivity contribution in [3.05, 3.63) is 0 Å². The van der Waals surface area contributed by atoms with E-state index in [1.54, 1.807) is 6.92 Å². The van der Waals surface area contributed by atoms with Crippen LogP contribution in [0.1, 0.15) is 163 Å². The van der Waals surface area contributed by atoms with Gasteiger partial charge in [0.2, 0.25) is 5.91 Å². The van der Waals surface area contributed by atoms with Crippen molar-refractivity contribution in [3.8, 4) is 0 Å². The van der Waals surface area contributed by atoms with Gasteiger partial charge in [0.25, 0.3) is 5.79 Å². The van der Waals surface area contributed by atoms with Gasteiger partial charge in [-0.25, -0.2) is 4.79 Å². The zero-order valence-corrected chi connectivity index (χ0v) is 82.0. The van der Waals surface area contributed by atoms with Crippen LogP contribution in [0.15, 0.2) is 0 Å². The van der Waals surface area contributed by atoms with Gasteiger partial charge in [-0.2, -0.15) is 0 Å². The van der Waals surface area contributed by atoms with Crippen LogP contribution in [0.5, 0.6) is 0 Å². The van der Waals surface area contributed by atoms with Gasteiger partial charge < -0.3 is 234 Å². The van der Waals surface area contributed by atoms with Gasteiger partial charge >= 0.3 is 65.1 Å². The van der Waals surface area contributed by atoms with Gasteiger partial charge in [0.15, 0.2) is 31.5 Å². The van der Waals surface area contributed by atoms with E-state index >= 15 is 0 Å². The molecule has 0 aromatic carbocycles. The standard InChI is InChI=1S/C30H51NO22.C28H48O14.C28H48O12.2Na/c1-8-11(36)4-30(29(45)46,52-22(8)17(39)12(37)5-32)53-25-18(40)13(6-33)49-28(21(25)43)50-23-14(7-34)48-26(44)15(31-10(3)35)24(23)51-27-20(42)19(41)16(38)9(2)47-27;1-13-20(31)23(34)24(35)28(39-13)42-25-16(7-8-38-19(25)12-30)40-17-10-15(11-29)21(32)26(22(17)33)41-18(27(36)37)9-14-5-3-2-4-6-14;1-14-21(30)24(33)25(34)28(37-14)40-18-10-6-5-9-17(18)38-19-12-16(13-29)22(31)26(23(19)32)39-20(27(35)36)11-15-7-3-2-4-8-15;;/h8-9,11-28,32-34,36-44H,4-7H2,1-3H3,(H,31,35)(H,45,46);13-26,28-35H,2-12H2,1H3,(H,36,37);14-26,28-34H,2-13H2,1H3,(H,35,36);;/q;;;2*+1/p-2/t8?,9?,11?,12-,13?,14?,15?,16?,17?,18?,19?,20?,21?,22?,23?,24?,25?,26?,27?,28?,30?;13?,15?,16?,17?,18-,19?,20?,21?,22?,23?,24?,25?,26?,28?;14?,16?,17?,18?,19?,20-,21?,22?,23?,24?,25?,26?,28?;;/m100../s1. The minimum atomic E-state index is -2.95. The Morgan fingerprint density at radius 2 is 0.832 bits per heavy atom. The number of amides is 1. The summed E-state index contributed by atoms with van der Waals surface area (Å²) in [6.07, 6.45) is -49.6. The van der Waals surface area contributed by atoms with Gasteiger partial charge in [0, 0.05) is 50.9 Å². The third kappa shape index (κ3) is 29.9. The summed E-state index contributed by atoms with van der Waals surface area (Å²) in [7, 11) is 0. The fourth-order valence-corrected chi connectivity index (χ4v) is 20.2. The number of carboxylic acids is 3. The number of nitrogens with one attached hydrogen (secondary N) is 1. The fourth-order valence-electron chi connectivity index (χ4n) is 20.2. The molecule has 51 heteroatoms. The van der Waals surface area contributed by atoms with Crippen LogP contribution < -0.4 is 74.6 Å². The van der Waals surface area contributed by atoms with E-state index in [1.165, 1.54) is 20.8 Å². The van der Waals surface area contributed by atoms with Gasteiger partial charge in [-0.3, -0.25) is 4.79 Å². The van der Waals surface area contributed by atoms with E-state index < -0.39 is 363 Å². The van der Waals surface area contributed by atoms with Crippen molar-refractivity contribution < 1.29 is 297 Å². The second kappa shape index (κ2) is 55.5. The van der Waals surface area contributed by atoms with E-state index in [4.69, 9.17) is 75.8 Å². The van der Waals surface area contributed by atoms with Gasteiger partial charge in [0.1, 0.15) is 153 Å². The maximum atomic E-state index is 12.7. The topological polar surface area (TPSA) is 800 Å². The van der Waals surface area contributed by atoms with Crippen molar-refractivity contribution in [2.45, 2.75) is 438 Å². The largest absolute Gasteiger partial charge is 1.00 e. The van der Waals surface area contributed by atoms with E-state index in [0.717, 1.165) is 84.0 Å². The number of ether oxygens (including phenoxy) is 16. The number of aliphatic hydroxyl groups is 25. The van der Waals surface area contributed by atoms with Crippen LogP contribution >= 0.6 is 0 Å². The minimum absolute atomic E-state index is 0. The number of carbonyl (C=O) groups excluding carboxylic acids is 3. The summed E-state index contributed by atoms with van der Waals surface area (Å²) in [5, 5.41) is 298. The normalized spacial score (nSPS) is 45.1. The summed E-state index contributed by atoms with van der Waals surface area (Å²) in [4.78, 5) is 48.9. The van der Waals surface area contributed by atoms with Crippen LogP contribution in [0.3, 0.4) is 0 Å². The van der Waals surface area contributed by atoms with Crippen LogP contribution in [0.2, 0.25) is 0 Å². The van der Waals surface area contributed by atoms with E-state index in [1.807, 2.05) is 0 Å². The summed E-state index contributed by atoms with van der Waals surface area (Å²) in [5.74, 6) is -10.7. The molecular formula is C86H145NNa2O48. The second-order valence-corrected chi connectivity index (χ2v) is 38.0. The Balaban J connectivity index is 0.000000253. The Morgan fingerprint density at radius 3 is 1.26 bits per heavy atom. The molecule has 7 heterocycles. The molecule has 5 saturated carbocycles. The predicted molar refractivity (Wildman–Crippen MR) is 440 cm³/mol. The molecule has 0 aromatic rings. The van der Waals surface area contributed by atoms with Crippen LogP contribution in [-0.4, -0.2) is 478 Å². The summed E-state index contributed by atoms with van der Waals surface area (Å²) in [6.45, 7) is 2.70. The quantitative estimate of drug-likeness (QED) is 0.0266. The number of rotatable bonds is 34. The molecule has 45 unspecified atom stereocenters. The summed E-state index contributed by atoms with van der Waals surface area (Å²) < 4.78 is 92.7. The number of aliphatic carboxylic acids is 3. The molecule has 137 heavy (non-hydrogen) atoms. The molecule has 0 spiro atoms. The molecule has 7 saturated heterocycles. The molecule has 12 rings (SSSR count). The molecule has 12 fully saturated rings. The predicted octanol–water partition coefficient (Wildman–Crippen LogP) is -18.4. The average molecular weight is 2010 g/mol. The van der Waals surface area contributed by atoms with E-state index in [2.05, 4.69) is 5.32 Å². The Morgan fingerprint density at radius 1 is 0.416 bits per heavy atom. The molecule has 49 nitrogen and oxygen atoms in total. The minimum Gasteiger partial charge on any atom is -0.547 e. The molecule has 1 amide bonds. The van der Waals surface area contributed by atoms with Gasteiger partial charge in [-0.15, -0.1) is 0 Å². The van der Waals surface area contributed by atoms with Gasteiger partial charge in [-0.05, 0) is 77.6 Å². The summed E-state index contributed by atoms with van der Waals surface area (Å²) >= 11 is 0. The smallest absolute Gasteiger partial charge is 0.547 e. The van der Waals surface area contributed by atoms with Crippen molar-refractivity contribution in [3.63, 3.8) is 0 Å². The molecular weight excluding hydrogens is 1860 g/mol. The van der Waals surface area contributed by atoms with E-state index in [-0.39, 0.29) is 110 Å². The number of hydrogen-bond acceptors (Lipinski definition) is 47. The Bertz CT molecular complexity index is 3560. The first-order valence-corrected chi connectivity index (χ1v) is 47.0. The van der Waals surface area contributed by atoms with Crippen molar-refractivity contribution >= 4 is 23.8 Å². The number of carboxylic acid groups (broad SMARTS) is 3. The van der Waals surface area contributed by atoms with Crippen molar-refractivity contribution in [2.24, 2.45) is 29.6 Å². The molecule has 7 aliphatic heterocycles. The molecule has 0 radical (unpaired) electrons. The first-order valence-electron chi connectivity index (χ1n) is 47.0. The maximum absolute atomic E-state index is 12.7. The van der Waals surface area contributed by atoms with Crippen LogP contribution in [0, 0.1) is 29.6 Å². The third-order valence-electron chi connectivity index (χ3n) is 28.5. The van der Waals surface area contributed by atoms with Crippen molar-refractivity contribution in [2.75, 3.05) is 46.2 Å². The monoisotopic (exact) mass is 2010 g/mol. The molecule has 27 N–H and O–H groups in total. The first kappa shape index (κ1) is 120. The molecule has 784 valence electrons. The zero-order chi connectivity index (χ0) is 99.2. The van der Waals surface area contributed by atoms with Gasteiger partial charge in [0.05, 0.1) is 124 Å². The number of carbonyl (C=O) groups is 4. The molecule has 48 atom stereocenters. The molecule has 12 aliphatic rings. The Labute approximate surface area is 835 Å². The summed E-state index contributed by atoms with van der Waals surface area (Å²) in [5.41, 5.74) is 0. The number of hydrogen-bond donors (Lipinski definition) is 27. The average Bonchev–Trinajstić information content (AvgIpc) is 0.750. The second-order valence-electron chi connectivity index (χ2n) is 38.0. The van der Waals surface area contributed by atoms with Crippen LogP contribution in [-0.2, 0) is 95.0 Å². The third-order valence-corrected chi connectivity index (χ3v) is 28.5. The molecule has 0 aromatic heterocycles. The SMILES string of the molecule is CC(=O)NC1C(O)OC(CO)C(OC2OC(CO)C(O)C(OC3(C(=O)O)CC(O)C(C)C(C(O)[C@H](O)CO)O3)C2O)C1OC1OC(C)C(O)C(O)C1O.CC1OC(OC2C(CO)OCCC2OC2CC(CO)C(O)C(O[C@@H](CC3CCCCC3)C(=O)[O-])C2O)C(O)C(O)C1O.CC1OC(OC2CCCCC2OC2CC(CO)C(O)C(O[C@@H](CC3CCCCC3)C(=O)[O-])C2O)C(O)C(O)C1O.[Na+].[Na+].